The Balaban J connectivity index is 3.49. The summed E-state index contributed by atoms with van der Waals surface area (Å²) in [7, 11) is 0. The SMILES string of the molecule is CCCCCCC=C=CCC(=O)SCCNC(C)=O. The van der Waals surface area contributed by atoms with Gasteiger partial charge < -0.3 is 5.32 Å². The Hall–Kier alpha value is -0.990. The summed E-state index contributed by atoms with van der Waals surface area (Å²) in [6, 6.07) is 0. The molecule has 0 aliphatic rings. The van der Waals surface area contributed by atoms with E-state index in [2.05, 4.69) is 18.0 Å². The highest BCUT2D eigenvalue weighted by Crippen LogP contribution is 2.05. The zero-order chi connectivity index (χ0) is 14.3. The fraction of sp³-hybridized carbons (Fsp3) is 0.667. The Kier molecular flexibility index (Phi) is 12.7. The summed E-state index contributed by atoms with van der Waals surface area (Å²) in [5.74, 6) is 0.575. The molecule has 1 N–H and O–H groups in total. The van der Waals surface area contributed by atoms with Gasteiger partial charge in [0.05, 0.1) is 0 Å². The molecule has 108 valence electrons. The summed E-state index contributed by atoms with van der Waals surface area (Å²) in [4.78, 5) is 22.0. The molecule has 0 aliphatic carbocycles. The Morgan fingerprint density at radius 1 is 1.21 bits per heavy atom. The third kappa shape index (κ3) is 15.0. The van der Waals surface area contributed by atoms with Crippen molar-refractivity contribution in [1.82, 2.24) is 5.32 Å². The van der Waals surface area contributed by atoms with Crippen LogP contribution < -0.4 is 5.32 Å². The smallest absolute Gasteiger partial charge is 0.216 e. The molecule has 0 heterocycles. The van der Waals surface area contributed by atoms with E-state index in [0.29, 0.717) is 18.7 Å². The fourth-order valence-corrected chi connectivity index (χ4v) is 2.07. The Morgan fingerprint density at radius 2 is 2.00 bits per heavy atom. The normalized spacial score (nSPS) is 9.58. The van der Waals surface area contributed by atoms with E-state index in [4.69, 9.17) is 0 Å². The molecule has 0 aromatic heterocycles. The lowest BCUT2D eigenvalue weighted by Gasteiger charge is -1.99. The lowest BCUT2D eigenvalue weighted by atomic mass is 10.1. The lowest BCUT2D eigenvalue weighted by molar-refractivity contribution is -0.118. The second-order valence-electron chi connectivity index (χ2n) is 4.33. The van der Waals surface area contributed by atoms with Crippen LogP contribution in [0.2, 0.25) is 0 Å². The molecular formula is C15H25NO2S. The zero-order valence-electron chi connectivity index (χ0n) is 12.0. The van der Waals surface area contributed by atoms with Crippen LogP contribution in [0.5, 0.6) is 0 Å². The maximum absolute atomic E-state index is 11.4. The molecular weight excluding hydrogens is 258 g/mol. The number of hydrogen-bond acceptors (Lipinski definition) is 3. The van der Waals surface area contributed by atoms with E-state index in [-0.39, 0.29) is 11.0 Å². The summed E-state index contributed by atoms with van der Waals surface area (Å²) in [6.07, 6.45) is 10.3. The van der Waals surface area contributed by atoms with Crippen molar-refractivity contribution in [3.8, 4) is 0 Å². The minimum absolute atomic E-state index is 0.0565. The monoisotopic (exact) mass is 283 g/mol. The van der Waals surface area contributed by atoms with Crippen LogP contribution >= 0.6 is 11.8 Å². The minimum Gasteiger partial charge on any atom is -0.356 e. The van der Waals surface area contributed by atoms with Gasteiger partial charge in [-0.1, -0.05) is 37.9 Å². The molecule has 0 aromatic carbocycles. The minimum atomic E-state index is -0.0565. The van der Waals surface area contributed by atoms with Gasteiger partial charge in [-0.05, 0) is 25.0 Å². The molecule has 0 saturated carbocycles. The number of nitrogens with one attached hydrogen (secondary N) is 1. The van der Waals surface area contributed by atoms with Crippen LogP contribution in [0, 0.1) is 0 Å². The van der Waals surface area contributed by atoms with Crippen LogP contribution in [-0.4, -0.2) is 23.3 Å². The van der Waals surface area contributed by atoms with Crippen molar-refractivity contribution in [1.29, 1.82) is 0 Å². The molecule has 0 bridgehead atoms. The van der Waals surface area contributed by atoms with E-state index in [9.17, 15) is 9.59 Å². The molecule has 3 nitrogen and oxygen atoms in total. The van der Waals surface area contributed by atoms with Crippen LogP contribution in [0.4, 0.5) is 0 Å². The third-order valence-corrected chi connectivity index (χ3v) is 3.34. The highest BCUT2D eigenvalue weighted by molar-refractivity contribution is 8.13. The number of unbranched alkanes of at least 4 members (excludes halogenated alkanes) is 4. The van der Waals surface area contributed by atoms with Gasteiger partial charge in [0.2, 0.25) is 5.91 Å². The summed E-state index contributed by atoms with van der Waals surface area (Å²) < 4.78 is 0. The highest BCUT2D eigenvalue weighted by Gasteiger charge is 1.99. The molecule has 0 unspecified atom stereocenters. The van der Waals surface area contributed by atoms with Crippen molar-refractivity contribution >= 4 is 22.8 Å². The topological polar surface area (TPSA) is 46.2 Å². The van der Waals surface area contributed by atoms with Crippen molar-refractivity contribution in [2.75, 3.05) is 12.3 Å². The first kappa shape index (κ1) is 18.0. The summed E-state index contributed by atoms with van der Waals surface area (Å²) in [5, 5.41) is 2.78. The first-order chi connectivity index (χ1) is 9.16. The van der Waals surface area contributed by atoms with E-state index in [0.717, 1.165) is 6.42 Å². The third-order valence-electron chi connectivity index (χ3n) is 2.45. The van der Waals surface area contributed by atoms with Gasteiger partial charge >= 0.3 is 0 Å². The van der Waals surface area contributed by atoms with Crippen molar-refractivity contribution < 1.29 is 9.59 Å². The van der Waals surface area contributed by atoms with Gasteiger partial charge in [0.25, 0.3) is 0 Å². The molecule has 1 amide bonds. The molecule has 0 saturated heterocycles. The van der Waals surface area contributed by atoms with Crippen molar-refractivity contribution in [2.24, 2.45) is 0 Å². The van der Waals surface area contributed by atoms with Crippen molar-refractivity contribution in [3.63, 3.8) is 0 Å². The molecule has 4 heteroatoms. The Bertz CT molecular complexity index is 320. The van der Waals surface area contributed by atoms with Crippen molar-refractivity contribution in [3.05, 3.63) is 17.9 Å². The molecule has 0 atom stereocenters. The van der Waals surface area contributed by atoms with Gasteiger partial charge in [-0.3, -0.25) is 9.59 Å². The van der Waals surface area contributed by atoms with E-state index >= 15 is 0 Å². The van der Waals surface area contributed by atoms with Gasteiger partial charge in [-0.25, -0.2) is 0 Å². The summed E-state index contributed by atoms with van der Waals surface area (Å²) in [5.41, 5.74) is 3.05. The number of hydrogen-bond donors (Lipinski definition) is 1. The number of carbonyl (C=O) groups is 2. The van der Waals surface area contributed by atoms with Crippen LogP contribution in [0.1, 0.15) is 52.4 Å². The zero-order valence-corrected chi connectivity index (χ0v) is 12.9. The van der Waals surface area contributed by atoms with Crippen molar-refractivity contribution in [2.45, 2.75) is 52.4 Å². The van der Waals surface area contributed by atoms with Crippen LogP contribution in [0.15, 0.2) is 17.9 Å². The van der Waals surface area contributed by atoms with Gasteiger partial charge in [0.1, 0.15) is 0 Å². The lowest BCUT2D eigenvalue weighted by Crippen LogP contribution is -2.22. The Labute approximate surface area is 120 Å². The molecule has 0 aromatic rings. The molecule has 19 heavy (non-hydrogen) atoms. The van der Waals surface area contributed by atoms with Crippen LogP contribution in [0.25, 0.3) is 0 Å². The molecule has 0 radical (unpaired) electrons. The van der Waals surface area contributed by atoms with E-state index in [1.807, 2.05) is 6.08 Å². The predicted molar refractivity (Wildman–Crippen MR) is 82.2 cm³/mol. The standard InChI is InChI=1S/C15H25NO2S/c1-3-4-5-6-7-8-9-10-11-15(18)19-13-12-16-14(2)17/h8,10H,3-7,11-13H2,1-2H3,(H,16,17). The maximum atomic E-state index is 11.4. The van der Waals surface area contributed by atoms with Gasteiger partial charge in [0.15, 0.2) is 5.12 Å². The summed E-state index contributed by atoms with van der Waals surface area (Å²) in [6.45, 7) is 4.22. The summed E-state index contributed by atoms with van der Waals surface area (Å²) >= 11 is 1.25. The van der Waals surface area contributed by atoms with Crippen LogP contribution in [-0.2, 0) is 9.59 Å². The first-order valence-corrected chi connectivity index (χ1v) is 7.94. The van der Waals surface area contributed by atoms with Gasteiger partial charge in [0, 0.05) is 25.6 Å². The molecule has 0 aliphatic heterocycles. The van der Waals surface area contributed by atoms with E-state index in [1.165, 1.54) is 44.4 Å². The number of thioether (sulfide) groups is 1. The molecule has 0 rings (SSSR count). The van der Waals surface area contributed by atoms with Crippen LogP contribution in [0.3, 0.4) is 0 Å². The number of allylic oxidation sites excluding steroid dienone is 1. The predicted octanol–water partition coefficient (Wildman–Crippen LogP) is 3.45. The fourth-order valence-electron chi connectivity index (χ4n) is 1.43. The van der Waals surface area contributed by atoms with E-state index < -0.39 is 0 Å². The van der Waals surface area contributed by atoms with E-state index in [1.54, 1.807) is 6.08 Å². The maximum Gasteiger partial charge on any atom is 0.216 e. The van der Waals surface area contributed by atoms with Gasteiger partial charge in [-0.2, -0.15) is 0 Å². The molecule has 0 fully saturated rings. The first-order valence-electron chi connectivity index (χ1n) is 6.96. The van der Waals surface area contributed by atoms with Gasteiger partial charge in [-0.15, -0.1) is 5.73 Å². The number of rotatable bonds is 10. The largest absolute Gasteiger partial charge is 0.356 e. The number of amides is 1. The second kappa shape index (κ2) is 13.4. The average Bonchev–Trinajstić information content (AvgIpc) is 2.37. The average molecular weight is 283 g/mol. The second-order valence-corrected chi connectivity index (χ2v) is 5.48. The highest BCUT2D eigenvalue weighted by atomic mass is 32.2. The number of carbonyl (C=O) groups excluding carboxylic acids is 2. The quantitative estimate of drug-likeness (QED) is 0.493. The molecule has 0 spiro atoms. The Morgan fingerprint density at radius 3 is 2.68 bits per heavy atom.